The van der Waals surface area contributed by atoms with Crippen LogP contribution >= 0.6 is 0 Å². The Morgan fingerprint density at radius 2 is 1.81 bits per heavy atom. The van der Waals surface area contributed by atoms with Gasteiger partial charge in [0.05, 0.1) is 0 Å². The van der Waals surface area contributed by atoms with Gasteiger partial charge in [-0.3, -0.25) is 4.99 Å². The van der Waals surface area contributed by atoms with Crippen molar-refractivity contribution in [2.45, 2.75) is 46.5 Å². The zero-order chi connectivity index (χ0) is 11.8. The molecular weight excluding hydrogens is 194 g/mol. The second-order valence-corrected chi connectivity index (χ2v) is 4.09. The van der Waals surface area contributed by atoms with E-state index in [1.54, 1.807) is 0 Å². The van der Waals surface area contributed by atoms with Gasteiger partial charge in [-0.1, -0.05) is 51.5 Å². The maximum atomic E-state index is 4.69. The number of rotatable bonds is 6. The third-order valence-corrected chi connectivity index (χ3v) is 2.71. The molecule has 0 heterocycles. The Kier molecular flexibility index (Phi) is 5.84. The second-order valence-electron chi connectivity index (χ2n) is 4.09. The van der Waals surface area contributed by atoms with Gasteiger partial charge in [0.25, 0.3) is 0 Å². The number of nitrogens with zero attached hydrogens (tertiary/aromatic N) is 1. The molecule has 0 unspecified atom stereocenters. The molecule has 0 saturated carbocycles. The summed E-state index contributed by atoms with van der Waals surface area (Å²) in [5.41, 5.74) is 4.08. The molecule has 0 fully saturated rings. The fourth-order valence-corrected chi connectivity index (χ4v) is 1.92. The molecule has 0 N–H and O–H groups in total. The first-order valence-electron chi connectivity index (χ1n) is 6.45. The standard InChI is InChI=1S/C15H23N/c1-4-9-13-10-7-8-11-14(13)15(6-3)16-12-5-2/h7-8,10-11H,4-6,9,12H2,1-3H3/b16-15-. The van der Waals surface area contributed by atoms with E-state index in [2.05, 4.69) is 45.0 Å². The lowest BCUT2D eigenvalue weighted by Gasteiger charge is -2.10. The van der Waals surface area contributed by atoms with Crippen LogP contribution in [0.25, 0.3) is 0 Å². The molecule has 16 heavy (non-hydrogen) atoms. The van der Waals surface area contributed by atoms with Gasteiger partial charge in [-0.25, -0.2) is 0 Å². The minimum absolute atomic E-state index is 0.948. The molecular formula is C15H23N. The van der Waals surface area contributed by atoms with E-state index in [1.165, 1.54) is 23.3 Å². The molecule has 0 saturated heterocycles. The average molecular weight is 217 g/mol. The quantitative estimate of drug-likeness (QED) is 0.632. The lowest BCUT2D eigenvalue weighted by molar-refractivity contribution is 0.909. The summed E-state index contributed by atoms with van der Waals surface area (Å²) in [6.07, 6.45) is 4.50. The second kappa shape index (κ2) is 7.21. The monoisotopic (exact) mass is 217 g/mol. The van der Waals surface area contributed by atoms with Gasteiger partial charge in [0.1, 0.15) is 0 Å². The van der Waals surface area contributed by atoms with Crippen LogP contribution in [0.3, 0.4) is 0 Å². The fraction of sp³-hybridized carbons (Fsp3) is 0.533. The van der Waals surface area contributed by atoms with Crippen LogP contribution in [0.2, 0.25) is 0 Å². The summed E-state index contributed by atoms with van der Waals surface area (Å²) in [5.74, 6) is 0. The Balaban J connectivity index is 2.99. The van der Waals surface area contributed by atoms with E-state index < -0.39 is 0 Å². The Hall–Kier alpha value is -1.11. The Morgan fingerprint density at radius 1 is 1.06 bits per heavy atom. The van der Waals surface area contributed by atoms with E-state index in [4.69, 9.17) is 4.99 Å². The van der Waals surface area contributed by atoms with Crippen LogP contribution in [0.5, 0.6) is 0 Å². The number of hydrogen-bond acceptors (Lipinski definition) is 1. The van der Waals surface area contributed by atoms with Gasteiger partial charge in [-0.15, -0.1) is 0 Å². The molecule has 1 nitrogen and oxygen atoms in total. The SMILES string of the molecule is CCC/N=C(/CC)c1ccccc1CCC. The van der Waals surface area contributed by atoms with Crippen LogP contribution in [-0.2, 0) is 6.42 Å². The molecule has 1 aromatic carbocycles. The summed E-state index contributed by atoms with van der Waals surface area (Å²) < 4.78 is 0. The van der Waals surface area contributed by atoms with Crippen LogP contribution in [-0.4, -0.2) is 12.3 Å². The highest BCUT2D eigenvalue weighted by atomic mass is 14.7. The van der Waals surface area contributed by atoms with Crippen LogP contribution in [0.1, 0.15) is 51.2 Å². The highest BCUT2D eigenvalue weighted by Gasteiger charge is 2.05. The predicted octanol–water partition coefficient (Wildman–Crippen LogP) is 4.25. The van der Waals surface area contributed by atoms with Gasteiger partial charge in [0, 0.05) is 12.3 Å². The molecule has 0 amide bonds. The molecule has 0 spiro atoms. The Labute approximate surface area is 99.6 Å². The number of aryl methyl sites for hydroxylation is 1. The molecule has 88 valence electrons. The predicted molar refractivity (Wildman–Crippen MR) is 72.4 cm³/mol. The van der Waals surface area contributed by atoms with Crippen LogP contribution in [0.15, 0.2) is 29.3 Å². The van der Waals surface area contributed by atoms with E-state index in [0.29, 0.717) is 0 Å². The smallest absolute Gasteiger partial charge is 0.0420 e. The third kappa shape index (κ3) is 3.48. The minimum Gasteiger partial charge on any atom is -0.289 e. The van der Waals surface area contributed by atoms with E-state index in [-0.39, 0.29) is 0 Å². The normalized spacial score (nSPS) is 11.8. The summed E-state index contributed by atoms with van der Waals surface area (Å²) in [6.45, 7) is 7.54. The Bertz CT molecular complexity index is 339. The highest BCUT2D eigenvalue weighted by molar-refractivity contribution is 6.01. The molecule has 0 aromatic heterocycles. The van der Waals surface area contributed by atoms with Gasteiger partial charge in [-0.05, 0) is 30.4 Å². The van der Waals surface area contributed by atoms with E-state index in [0.717, 1.165) is 25.8 Å². The van der Waals surface area contributed by atoms with Crippen molar-refractivity contribution in [2.75, 3.05) is 6.54 Å². The van der Waals surface area contributed by atoms with Crippen LogP contribution in [0.4, 0.5) is 0 Å². The van der Waals surface area contributed by atoms with Crippen molar-refractivity contribution in [3.05, 3.63) is 35.4 Å². The first-order chi connectivity index (χ1) is 7.83. The van der Waals surface area contributed by atoms with Crippen molar-refractivity contribution in [3.63, 3.8) is 0 Å². The molecule has 1 rings (SSSR count). The topological polar surface area (TPSA) is 12.4 Å². The van der Waals surface area contributed by atoms with Gasteiger partial charge < -0.3 is 0 Å². The first kappa shape index (κ1) is 13.0. The van der Waals surface area contributed by atoms with Crippen molar-refractivity contribution in [3.8, 4) is 0 Å². The molecule has 0 radical (unpaired) electrons. The molecule has 0 atom stereocenters. The number of aliphatic imine (C=N–C) groups is 1. The summed E-state index contributed by atoms with van der Waals surface area (Å²) >= 11 is 0. The minimum atomic E-state index is 0.948. The fourth-order valence-electron chi connectivity index (χ4n) is 1.92. The number of benzene rings is 1. The maximum absolute atomic E-state index is 4.69. The van der Waals surface area contributed by atoms with Crippen molar-refractivity contribution < 1.29 is 0 Å². The van der Waals surface area contributed by atoms with E-state index in [9.17, 15) is 0 Å². The van der Waals surface area contributed by atoms with Gasteiger partial charge in [0.15, 0.2) is 0 Å². The maximum Gasteiger partial charge on any atom is 0.0420 e. The molecule has 1 aromatic rings. The van der Waals surface area contributed by atoms with Crippen molar-refractivity contribution >= 4 is 5.71 Å². The Morgan fingerprint density at radius 3 is 2.44 bits per heavy atom. The average Bonchev–Trinajstić information content (AvgIpc) is 2.32. The molecule has 0 bridgehead atoms. The molecule has 0 aliphatic rings. The lowest BCUT2D eigenvalue weighted by Crippen LogP contribution is -2.04. The number of hydrogen-bond donors (Lipinski definition) is 0. The zero-order valence-electron chi connectivity index (χ0n) is 10.8. The van der Waals surface area contributed by atoms with Crippen LogP contribution in [0, 0.1) is 0 Å². The van der Waals surface area contributed by atoms with Crippen molar-refractivity contribution in [2.24, 2.45) is 4.99 Å². The first-order valence-corrected chi connectivity index (χ1v) is 6.45. The molecule has 0 aliphatic carbocycles. The third-order valence-electron chi connectivity index (χ3n) is 2.71. The largest absolute Gasteiger partial charge is 0.289 e. The van der Waals surface area contributed by atoms with Crippen molar-refractivity contribution in [1.29, 1.82) is 0 Å². The van der Waals surface area contributed by atoms with Crippen LogP contribution < -0.4 is 0 Å². The highest BCUT2D eigenvalue weighted by Crippen LogP contribution is 2.14. The lowest BCUT2D eigenvalue weighted by atomic mass is 9.98. The summed E-state index contributed by atoms with van der Waals surface area (Å²) in [5, 5.41) is 0. The summed E-state index contributed by atoms with van der Waals surface area (Å²) in [4.78, 5) is 4.69. The molecule has 1 heteroatoms. The molecule has 0 aliphatic heterocycles. The van der Waals surface area contributed by atoms with Gasteiger partial charge in [0.2, 0.25) is 0 Å². The summed E-state index contributed by atoms with van der Waals surface area (Å²) in [6, 6.07) is 8.69. The van der Waals surface area contributed by atoms with Crippen molar-refractivity contribution in [1.82, 2.24) is 0 Å². The van der Waals surface area contributed by atoms with E-state index >= 15 is 0 Å². The van der Waals surface area contributed by atoms with Gasteiger partial charge in [-0.2, -0.15) is 0 Å². The van der Waals surface area contributed by atoms with E-state index in [1.807, 2.05) is 0 Å². The zero-order valence-corrected chi connectivity index (χ0v) is 10.8. The van der Waals surface area contributed by atoms with Gasteiger partial charge >= 0.3 is 0 Å². The summed E-state index contributed by atoms with van der Waals surface area (Å²) in [7, 11) is 0.